The molecule has 0 aromatic heterocycles. The van der Waals surface area contributed by atoms with Crippen molar-refractivity contribution in [2.45, 2.75) is 103 Å². The monoisotopic (exact) mass is 480 g/mol. The van der Waals surface area contributed by atoms with Gasteiger partial charge in [-0.2, -0.15) is 0 Å². The maximum atomic E-state index is 11.3. The Hall–Kier alpha value is -1.31. The summed E-state index contributed by atoms with van der Waals surface area (Å²) in [4.78, 5) is 11.3. The molecule has 4 saturated carbocycles. The van der Waals surface area contributed by atoms with E-state index in [1.54, 1.807) is 0 Å². The summed E-state index contributed by atoms with van der Waals surface area (Å²) in [6.45, 7) is 6.94. The van der Waals surface area contributed by atoms with Gasteiger partial charge in [0, 0.05) is 0 Å². The van der Waals surface area contributed by atoms with Crippen molar-refractivity contribution in [1.29, 1.82) is 0 Å². The van der Waals surface area contributed by atoms with Crippen molar-refractivity contribution in [2.75, 3.05) is 0 Å². The third-order valence-electron chi connectivity index (χ3n) is 11.2. The van der Waals surface area contributed by atoms with E-state index in [2.05, 4.69) is 13.8 Å². The first kappa shape index (κ1) is 25.8. The minimum absolute atomic E-state index is 0.0298. The standard InChI is InChI=1S/C27H44O7/c1-15(14-21(28)27(33,34)22(23(29)30)24(31)32)18-9-10-19-17-8-7-16-6-4-5-12-25(16,2)20(17)11-13-26(18,19)3/h15-21,28-30,33-34H,4-14H2,1-3H3,(H,31,32)/t15-,16?,17+,18-,19+,20+,21?,25+,26-/m1/s1. The van der Waals surface area contributed by atoms with Gasteiger partial charge in [0.1, 0.15) is 6.10 Å². The van der Waals surface area contributed by atoms with Crippen LogP contribution >= 0.6 is 0 Å². The van der Waals surface area contributed by atoms with E-state index < -0.39 is 29.4 Å². The van der Waals surface area contributed by atoms with Crippen LogP contribution in [0.4, 0.5) is 0 Å². The van der Waals surface area contributed by atoms with E-state index in [-0.39, 0.29) is 17.8 Å². The molecule has 0 aromatic carbocycles. The normalized spacial score (nSPS) is 41.5. The Morgan fingerprint density at radius 2 is 1.59 bits per heavy atom. The second-order valence-electron chi connectivity index (χ2n) is 12.6. The van der Waals surface area contributed by atoms with Crippen molar-refractivity contribution in [3.63, 3.8) is 0 Å². The smallest absolute Gasteiger partial charge is 0.344 e. The van der Waals surface area contributed by atoms with Gasteiger partial charge in [-0.3, -0.25) is 0 Å². The lowest BCUT2D eigenvalue weighted by molar-refractivity contribution is -0.210. The second kappa shape index (κ2) is 8.97. The number of aliphatic carboxylic acids is 1. The molecular formula is C27H44O7. The molecule has 9 atom stereocenters. The topological polar surface area (TPSA) is 138 Å². The van der Waals surface area contributed by atoms with Gasteiger partial charge in [-0.1, -0.05) is 33.6 Å². The molecule has 0 spiro atoms. The van der Waals surface area contributed by atoms with Crippen molar-refractivity contribution in [3.8, 4) is 0 Å². The predicted molar refractivity (Wildman–Crippen MR) is 127 cm³/mol. The van der Waals surface area contributed by atoms with Crippen molar-refractivity contribution in [3.05, 3.63) is 11.5 Å². The zero-order chi connectivity index (χ0) is 25.1. The Labute approximate surface area is 202 Å². The Balaban J connectivity index is 1.49. The van der Waals surface area contributed by atoms with Crippen molar-refractivity contribution >= 4 is 5.97 Å². The molecule has 0 bridgehead atoms. The maximum Gasteiger partial charge on any atom is 0.344 e. The first-order chi connectivity index (χ1) is 15.8. The summed E-state index contributed by atoms with van der Waals surface area (Å²) < 4.78 is 0. The number of aliphatic hydroxyl groups excluding tert-OH is 2. The lowest BCUT2D eigenvalue weighted by atomic mass is 9.44. The molecule has 6 N–H and O–H groups in total. The number of hydrogen-bond acceptors (Lipinski definition) is 6. The molecule has 0 aliphatic heterocycles. The minimum Gasteiger partial charge on any atom is -0.481 e. The summed E-state index contributed by atoms with van der Waals surface area (Å²) in [5.41, 5.74) is -0.807. The fraction of sp³-hybridized carbons (Fsp3) is 0.889. The Morgan fingerprint density at radius 1 is 0.912 bits per heavy atom. The van der Waals surface area contributed by atoms with Gasteiger partial charge in [0.25, 0.3) is 5.95 Å². The zero-order valence-corrected chi connectivity index (χ0v) is 20.9. The summed E-state index contributed by atoms with van der Waals surface area (Å²) in [6, 6.07) is 0. The molecule has 0 amide bonds. The number of rotatable bonds is 6. The molecule has 34 heavy (non-hydrogen) atoms. The number of hydrogen-bond donors (Lipinski definition) is 6. The predicted octanol–water partition coefficient (Wildman–Crippen LogP) is 4.52. The van der Waals surface area contributed by atoms with Crippen LogP contribution in [0.25, 0.3) is 0 Å². The van der Waals surface area contributed by atoms with Gasteiger partial charge < -0.3 is 30.6 Å². The number of carboxylic acids is 1. The van der Waals surface area contributed by atoms with E-state index in [0.717, 1.165) is 37.0 Å². The molecule has 0 heterocycles. The first-order valence-electron chi connectivity index (χ1n) is 13.3. The van der Waals surface area contributed by atoms with Gasteiger partial charge >= 0.3 is 5.97 Å². The molecule has 0 saturated heterocycles. The van der Waals surface area contributed by atoms with Crippen LogP contribution < -0.4 is 0 Å². The number of fused-ring (bicyclic) bond motifs is 5. The van der Waals surface area contributed by atoms with Gasteiger partial charge in [0.15, 0.2) is 5.57 Å². The fourth-order valence-corrected chi connectivity index (χ4v) is 9.54. The van der Waals surface area contributed by atoms with Crippen LogP contribution in [0.15, 0.2) is 11.5 Å². The maximum absolute atomic E-state index is 11.3. The highest BCUT2D eigenvalue weighted by Gasteiger charge is 2.60. The lowest BCUT2D eigenvalue weighted by Crippen LogP contribution is -2.53. The largest absolute Gasteiger partial charge is 0.481 e. The van der Waals surface area contributed by atoms with E-state index in [1.807, 2.05) is 6.92 Å². The zero-order valence-electron chi connectivity index (χ0n) is 20.9. The van der Waals surface area contributed by atoms with Crippen LogP contribution in [0.2, 0.25) is 0 Å². The molecule has 4 aliphatic carbocycles. The van der Waals surface area contributed by atoms with Crippen molar-refractivity contribution in [1.82, 2.24) is 0 Å². The SMILES string of the molecule is C[C@H](CC(O)C(O)(O)C(C(=O)O)=C(O)O)[C@H]1CC[C@H]2[C@@H]3CCC4CCCC[C@]4(C)[C@H]3CC[C@]12C. The molecule has 4 aliphatic rings. The molecule has 0 radical (unpaired) electrons. The summed E-state index contributed by atoms with van der Waals surface area (Å²) in [5, 5.41) is 58.9. The highest BCUT2D eigenvalue weighted by atomic mass is 16.5. The number of carboxylic acid groups (broad SMARTS) is 1. The Morgan fingerprint density at radius 3 is 2.24 bits per heavy atom. The number of aliphatic hydroxyl groups is 5. The van der Waals surface area contributed by atoms with Crippen LogP contribution in [-0.4, -0.2) is 48.5 Å². The highest BCUT2D eigenvalue weighted by molar-refractivity contribution is 5.88. The lowest BCUT2D eigenvalue weighted by Gasteiger charge is -2.61. The molecule has 4 rings (SSSR count). The van der Waals surface area contributed by atoms with Crippen molar-refractivity contribution in [2.24, 2.45) is 46.3 Å². The summed E-state index contributed by atoms with van der Waals surface area (Å²) in [6.07, 6.45) is 10.8. The van der Waals surface area contributed by atoms with Gasteiger partial charge in [0.05, 0.1) is 0 Å². The van der Waals surface area contributed by atoms with Gasteiger partial charge in [-0.15, -0.1) is 0 Å². The van der Waals surface area contributed by atoms with Crippen LogP contribution in [0.5, 0.6) is 0 Å². The second-order valence-corrected chi connectivity index (χ2v) is 12.6. The molecular weight excluding hydrogens is 436 g/mol. The number of carbonyl (C=O) groups is 1. The average molecular weight is 481 g/mol. The third kappa shape index (κ3) is 3.96. The Kier molecular flexibility index (Phi) is 6.80. The summed E-state index contributed by atoms with van der Waals surface area (Å²) >= 11 is 0. The van der Waals surface area contributed by atoms with Crippen molar-refractivity contribution < 1.29 is 35.4 Å². The summed E-state index contributed by atoms with van der Waals surface area (Å²) in [7, 11) is 0. The molecule has 4 fully saturated rings. The van der Waals surface area contributed by atoms with Crippen LogP contribution in [0, 0.1) is 46.3 Å². The van der Waals surface area contributed by atoms with Gasteiger partial charge in [-0.05, 0) is 104 Å². The minimum atomic E-state index is -3.25. The van der Waals surface area contributed by atoms with Crippen LogP contribution in [-0.2, 0) is 4.79 Å². The average Bonchev–Trinajstić information content (AvgIpc) is 3.09. The van der Waals surface area contributed by atoms with Crippen LogP contribution in [0.1, 0.15) is 91.4 Å². The summed E-state index contributed by atoms with van der Waals surface area (Å²) in [5.74, 6) is -3.58. The van der Waals surface area contributed by atoms with Crippen LogP contribution in [0.3, 0.4) is 0 Å². The van der Waals surface area contributed by atoms with E-state index in [0.29, 0.717) is 17.3 Å². The quantitative estimate of drug-likeness (QED) is 0.187. The van der Waals surface area contributed by atoms with E-state index in [1.165, 1.54) is 44.9 Å². The Bertz CT molecular complexity index is 818. The fourth-order valence-electron chi connectivity index (χ4n) is 9.54. The first-order valence-corrected chi connectivity index (χ1v) is 13.3. The molecule has 0 aromatic rings. The molecule has 7 nitrogen and oxygen atoms in total. The molecule has 2 unspecified atom stereocenters. The third-order valence-corrected chi connectivity index (χ3v) is 11.2. The van der Waals surface area contributed by atoms with E-state index in [9.17, 15) is 35.4 Å². The molecule has 194 valence electrons. The van der Waals surface area contributed by atoms with E-state index >= 15 is 0 Å². The molecule has 7 heteroatoms. The van der Waals surface area contributed by atoms with E-state index in [4.69, 9.17) is 0 Å². The highest BCUT2D eigenvalue weighted by Crippen LogP contribution is 2.68. The van der Waals surface area contributed by atoms with Gasteiger partial charge in [-0.25, -0.2) is 4.79 Å². The van der Waals surface area contributed by atoms with Gasteiger partial charge in [0.2, 0.25) is 5.79 Å².